The van der Waals surface area contributed by atoms with Crippen LogP contribution in [0.25, 0.3) is 0 Å². The zero-order valence-electron chi connectivity index (χ0n) is 21.6. The van der Waals surface area contributed by atoms with Crippen LogP contribution in [-0.4, -0.2) is 58.8 Å². The lowest BCUT2D eigenvalue weighted by molar-refractivity contribution is -0.117. The minimum absolute atomic E-state index is 0.0138. The summed E-state index contributed by atoms with van der Waals surface area (Å²) >= 11 is 0. The Hall–Kier alpha value is -3.47. The van der Waals surface area contributed by atoms with E-state index >= 15 is 0 Å². The third-order valence-electron chi connectivity index (χ3n) is 7.60. The number of Topliss-reactive ketones (excluding diaryl/α,β-unsaturated/α-hetero) is 1. The minimum atomic E-state index is -0.868. The Balaban J connectivity index is 1.60. The standard InChI is InChI=1S/C27H33N3O7/c1-33-18-8-6-7-15(24(18)36-4)21-22-16(28-26-23(21)27(32)30-29-26)9-13(10-17(22)31)14-11-19(34-2)25(37-5)20(12-14)35-3/h6-8,11-13,21,23,26-30,32H,9-10H2,1-5H3/t13-,21-,23?,26?,27?/m1/s1. The summed E-state index contributed by atoms with van der Waals surface area (Å²) in [6.45, 7) is 0. The van der Waals surface area contributed by atoms with Crippen molar-refractivity contribution < 1.29 is 33.6 Å². The summed E-state index contributed by atoms with van der Waals surface area (Å²) in [5.74, 6) is 1.89. The SMILES string of the molecule is COc1cc([C@H]2CC(=O)C3=C(C2)NC2NNC(O)C2[C@@H]3c2cccc(OC)c2OC)cc(OC)c1OC. The van der Waals surface area contributed by atoms with Gasteiger partial charge in [0.05, 0.1) is 41.7 Å². The fourth-order valence-electron chi connectivity index (χ4n) is 5.96. The lowest BCUT2D eigenvalue weighted by Gasteiger charge is -2.42. The summed E-state index contributed by atoms with van der Waals surface area (Å²) in [6.07, 6.45) is -0.256. The third kappa shape index (κ3) is 4.14. The number of benzene rings is 2. The number of carbonyl (C=O) groups is 1. The van der Waals surface area contributed by atoms with Crippen LogP contribution < -0.4 is 39.9 Å². The Morgan fingerprint density at radius 3 is 2.14 bits per heavy atom. The Bertz CT molecular complexity index is 1210. The van der Waals surface area contributed by atoms with E-state index in [9.17, 15) is 9.90 Å². The highest BCUT2D eigenvalue weighted by molar-refractivity contribution is 5.99. The number of rotatable bonds is 7. The average Bonchev–Trinajstić information content (AvgIpc) is 3.30. The largest absolute Gasteiger partial charge is 0.493 e. The van der Waals surface area contributed by atoms with Crippen LogP contribution in [0.15, 0.2) is 41.6 Å². The molecule has 2 heterocycles. The molecule has 10 nitrogen and oxygen atoms in total. The summed E-state index contributed by atoms with van der Waals surface area (Å²) in [6, 6.07) is 9.43. The number of hydrazine groups is 1. The van der Waals surface area contributed by atoms with Gasteiger partial charge in [-0.1, -0.05) is 12.1 Å². The highest BCUT2D eigenvalue weighted by Gasteiger charge is 2.50. The van der Waals surface area contributed by atoms with Gasteiger partial charge < -0.3 is 34.1 Å². The Morgan fingerprint density at radius 2 is 1.51 bits per heavy atom. The van der Waals surface area contributed by atoms with Gasteiger partial charge in [0.25, 0.3) is 0 Å². The van der Waals surface area contributed by atoms with Crippen molar-refractivity contribution in [1.29, 1.82) is 0 Å². The first-order valence-electron chi connectivity index (χ1n) is 12.2. The molecule has 0 bridgehead atoms. The zero-order chi connectivity index (χ0) is 26.3. The second kappa shape index (κ2) is 10.1. The fraction of sp³-hybridized carbons (Fsp3) is 0.444. The summed E-state index contributed by atoms with van der Waals surface area (Å²) < 4.78 is 27.8. The Labute approximate surface area is 215 Å². The number of allylic oxidation sites excluding steroid dienone is 2. The van der Waals surface area contributed by atoms with Crippen molar-refractivity contribution in [2.45, 2.75) is 37.1 Å². The molecule has 2 aromatic carbocycles. The van der Waals surface area contributed by atoms with Crippen molar-refractivity contribution in [2.24, 2.45) is 5.92 Å². The average molecular weight is 512 g/mol. The first kappa shape index (κ1) is 25.2. The number of aliphatic hydroxyl groups excluding tert-OH is 1. The molecule has 10 heteroatoms. The molecule has 198 valence electrons. The predicted octanol–water partition coefficient (Wildman–Crippen LogP) is 2.19. The van der Waals surface area contributed by atoms with Gasteiger partial charge in [-0.05, 0) is 36.1 Å². The third-order valence-corrected chi connectivity index (χ3v) is 7.60. The van der Waals surface area contributed by atoms with Crippen molar-refractivity contribution in [2.75, 3.05) is 35.5 Å². The van der Waals surface area contributed by atoms with E-state index in [1.807, 2.05) is 30.3 Å². The first-order chi connectivity index (χ1) is 17.9. The van der Waals surface area contributed by atoms with Gasteiger partial charge in [-0.15, -0.1) is 0 Å². The van der Waals surface area contributed by atoms with Gasteiger partial charge in [0, 0.05) is 35.1 Å². The van der Waals surface area contributed by atoms with Crippen LogP contribution in [-0.2, 0) is 4.79 Å². The molecule has 0 saturated carbocycles. The van der Waals surface area contributed by atoms with E-state index in [4.69, 9.17) is 23.7 Å². The van der Waals surface area contributed by atoms with Gasteiger partial charge in [0.1, 0.15) is 6.23 Å². The molecule has 37 heavy (non-hydrogen) atoms. The lowest BCUT2D eigenvalue weighted by atomic mass is 9.68. The van der Waals surface area contributed by atoms with Crippen molar-refractivity contribution in [3.63, 3.8) is 0 Å². The van der Waals surface area contributed by atoms with Crippen molar-refractivity contribution in [1.82, 2.24) is 16.2 Å². The highest BCUT2D eigenvalue weighted by atomic mass is 16.5. The highest BCUT2D eigenvalue weighted by Crippen LogP contribution is 2.51. The maximum absolute atomic E-state index is 13.9. The maximum atomic E-state index is 13.9. The van der Waals surface area contributed by atoms with Crippen molar-refractivity contribution >= 4 is 5.78 Å². The normalized spacial score (nSPS) is 26.6. The summed E-state index contributed by atoms with van der Waals surface area (Å²) in [5, 5.41) is 14.3. The summed E-state index contributed by atoms with van der Waals surface area (Å²) in [4.78, 5) is 13.9. The number of ether oxygens (including phenoxy) is 5. The molecule has 2 aliphatic heterocycles. The van der Waals surface area contributed by atoms with Crippen molar-refractivity contribution in [3.8, 4) is 28.7 Å². The van der Waals surface area contributed by atoms with Gasteiger partial charge >= 0.3 is 0 Å². The molecule has 5 rings (SSSR count). The number of methoxy groups -OCH3 is 5. The van der Waals surface area contributed by atoms with Crippen LogP contribution in [0, 0.1) is 5.92 Å². The lowest BCUT2D eigenvalue weighted by Crippen LogP contribution is -2.51. The van der Waals surface area contributed by atoms with Crippen molar-refractivity contribution in [3.05, 3.63) is 52.7 Å². The second-order valence-corrected chi connectivity index (χ2v) is 9.37. The topological polar surface area (TPSA) is 120 Å². The van der Waals surface area contributed by atoms with Gasteiger partial charge in [-0.2, -0.15) is 0 Å². The van der Waals surface area contributed by atoms with E-state index in [0.717, 1.165) is 16.8 Å². The van der Waals surface area contributed by atoms with Crippen LogP contribution in [0.2, 0.25) is 0 Å². The number of nitrogens with one attached hydrogen (secondary N) is 3. The summed E-state index contributed by atoms with van der Waals surface area (Å²) in [7, 11) is 7.88. The second-order valence-electron chi connectivity index (χ2n) is 9.37. The van der Waals surface area contributed by atoms with E-state index in [2.05, 4.69) is 16.2 Å². The molecule has 0 spiro atoms. The molecule has 3 unspecified atom stereocenters. The van der Waals surface area contributed by atoms with E-state index in [0.29, 0.717) is 47.2 Å². The quantitative estimate of drug-likeness (QED) is 0.440. The molecule has 3 aliphatic rings. The molecule has 4 N–H and O–H groups in total. The number of fused-ring (bicyclic) bond motifs is 1. The molecule has 2 aromatic rings. The minimum Gasteiger partial charge on any atom is -0.493 e. The Kier molecular flexibility index (Phi) is 6.89. The number of hydrogen-bond acceptors (Lipinski definition) is 10. The molecule has 0 radical (unpaired) electrons. The Morgan fingerprint density at radius 1 is 0.838 bits per heavy atom. The molecular formula is C27H33N3O7. The number of hydrogen-bond donors (Lipinski definition) is 4. The number of ketones is 1. The van der Waals surface area contributed by atoms with Crippen LogP contribution in [0.5, 0.6) is 28.7 Å². The number of aliphatic hydroxyl groups is 1. The zero-order valence-corrected chi connectivity index (χ0v) is 21.6. The molecule has 0 amide bonds. The van der Waals surface area contributed by atoms with Crippen LogP contribution in [0.4, 0.5) is 0 Å². The van der Waals surface area contributed by atoms with E-state index in [1.54, 1.807) is 35.5 Å². The smallest absolute Gasteiger partial charge is 0.203 e. The molecule has 1 saturated heterocycles. The number of carbonyl (C=O) groups excluding carboxylic acids is 1. The predicted molar refractivity (Wildman–Crippen MR) is 135 cm³/mol. The van der Waals surface area contributed by atoms with E-state index < -0.39 is 12.1 Å². The first-order valence-corrected chi connectivity index (χ1v) is 12.2. The van der Waals surface area contributed by atoms with E-state index in [-0.39, 0.29) is 23.8 Å². The van der Waals surface area contributed by atoms with E-state index in [1.165, 1.54) is 0 Å². The molecule has 1 aliphatic carbocycles. The number of para-hydroxylation sites is 1. The molecule has 5 atom stereocenters. The van der Waals surface area contributed by atoms with Gasteiger partial charge in [-0.3, -0.25) is 4.79 Å². The van der Waals surface area contributed by atoms with Gasteiger partial charge in [0.2, 0.25) is 5.75 Å². The molecule has 0 aromatic heterocycles. The van der Waals surface area contributed by atoms with Crippen LogP contribution in [0.3, 0.4) is 0 Å². The molecular weight excluding hydrogens is 478 g/mol. The van der Waals surface area contributed by atoms with Crippen LogP contribution in [0.1, 0.15) is 35.8 Å². The van der Waals surface area contributed by atoms with Crippen LogP contribution >= 0.6 is 0 Å². The maximum Gasteiger partial charge on any atom is 0.203 e. The summed E-state index contributed by atoms with van der Waals surface area (Å²) in [5.41, 5.74) is 9.30. The van der Waals surface area contributed by atoms with Gasteiger partial charge in [0.15, 0.2) is 28.8 Å². The van der Waals surface area contributed by atoms with Gasteiger partial charge in [-0.25, -0.2) is 10.9 Å². The molecule has 1 fully saturated rings. The fourth-order valence-corrected chi connectivity index (χ4v) is 5.96. The monoisotopic (exact) mass is 511 g/mol.